The first-order valence-electron chi connectivity index (χ1n) is 18.7. The van der Waals surface area contributed by atoms with Crippen LogP contribution in [0.4, 0.5) is 0 Å². The van der Waals surface area contributed by atoms with Crippen LogP contribution in [0.1, 0.15) is 11.3 Å². The minimum Gasteiger partial charge on any atom is -0.263 e. The fraction of sp³-hybridized carbons (Fsp3) is 0.0400. The molecular formula is C50H34N6. The van der Waals surface area contributed by atoms with Gasteiger partial charge < -0.3 is 0 Å². The average Bonchev–Trinajstić information content (AvgIpc) is 3.26. The highest BCUT2D eigenvalue weighted by atomic mass is 15.0. The van der Waals surface area contributed by atoms with Gasteiger partial charge in [-0.15, -0.1) is 0 Å². The highest BCUT2D eigenvalue weighted by molar-refractivity contribution is 6.04. The molecule has 6 heteroatoms. The molecule has 0 amide bonds. The fourth-order valence-corrected chi connectivity index (χ4v) is 7.48. The highest BCUT2D eigenvalue weighted by Gasteiger charge is 2.15. The van der Waals surface area contributed by atoms with Crippen LogP contribution in [0.5, 0.6) is 0 Å². The Morgan fingerprint density at radius 1 is 0.357 bits per heavy atom. The smallest absolute Gasteiger partial charge is 0.164 e. The zero-order chi connectivity index (χ0) is 37.6. The van der Waals surface area contributed by atoms with Crippen LogP contribution in [0, 0.1) is 13.8 Å². The van der Waals surface area contributed by atoms with Gasteiger partial charge in [-0.3, -0.25) is 9.97 Å². The molecule has 0 atom stereocenters. The molecular weight excluding hydrogens is 685 g/mol. The lowest BCUT2D eigenvalue weighted by atomic mass is 9.98. The maximum absolute atomic E-state index is 5.18. The standard InChI is InChI=1S/C50H34N6/c1-31-26-45(53-47-42(31)25-24-34-19-18-32(2)52-46(34)47)39-15-8-13-37(27-39)33-20-22-36(23-21-33)49-54-48(35-10-4-3-5-11-35)55-50(56-49)40-16-9-14-38(28-40)44-30-51-29-41-12-6-7-17-43(41)44/h3-30H,1-2H3. The van der Waals surface area contributed by atoms with Crippen molar-refractivity contribution in [2.75, 3.05) is 0 Å². The first-order valence-corrected chi connectivity index (χ1v) is 18.7. The largest absolute Gasteiger partial charge is 0.263 e. The van der Waals surface area contributed by atoms with E-state index in [9.17, 15) is 0 Å². The first kappa shape index (κ1) is 33.2. The minimum absolute atomic E-state index is 0.608. The van der Waals surface area contributed by atoms with Gasteiger partial charge in [-0.05, 0) is 65.8 Å². The van der Waals surface area contributed by atoms with Crippen molar-refractivity contribution in [3.8, 4) is 67.7 Å². The summed E-state index contributed by atoms with van der Waals surface area (Å²) < 4.78 is 0. The lowest BCUT2D eigenvalue weighted by molar-refractivity contribution is 1.07. The fourth-order valence-electron chi connectivity index (χ4n) is 7.48. The summed E-state index contributed by atoms with van der Waals surface area (Å²) in [6.45, 7) is 4.17. The summed E-state index contributed by atoms with van der Waals surface area (Å²) in [6, 6.07) is 54.4. The van der Waals surface area contributed by atoms with Gasteiger partial charge in [0.15, 0.2) is 17.5 Å². The van der Waals surface area contributed by atoms with Gasteiger partial charge >= 0.3 is 0 Å². The molecule has 6 nitrogen and oxygen atoms in total. The second-order valence-corrected chi connectivity index (χ2v) is 14.1. The maximum atomic E-state index is 5.18. The molecule has 264 valence electrons. The summed E-state index contributed by atoms with van der Waals surface area (Å²) in [5.74, 6) is 1.84. The maximum Gasteiger partial charge on any atom is 0.164 e. The molecule has 56 heavy (non-hydrogen) atoms. The van der Waals surface area contributed by atoms with Gasteiger partial charge in [0.05, 0.1) is 16.7 Å². The third-order valence-electron chi connectivity index (χ3n) is 10.4. The average molecular weight is 719 g/mol. The molecule has 0 aliphatic heterocycles. The molecule has 4 aromatic heterocycles. The summed E-state index contributed by atoms with van der Waals surface area (Å²) in [6.07, 6.45) is 3.82. The number of aryl methyl sites for hydroxylation is 2. The van der Waals surface area contributed by atoms with E-state index in [0.717, 1.165) is 88.5 Å². The number of hydrogen-bond donors (Lipinski definition) is 0. The van der Waals surface area contributed by atoms with E-state index >= 15 is 0 Å². The summed E-state index contributed by atoms with van der Waals surface area (Å²) in [5.41, 5.74) is 13.0. The summed E-state index contributed by atoms with van der Waals surface area (Å²) >= 11 is 0. The first-order chi connectivity index (χ1) is 27.5. The quantitative estimate of drug-likeness (QED) is 0.159. The third kappa shape index (κ3) is 6.13. The molecule has 10 aromatic rings. The van der Waals surface area contributed by atoms with Crippen molar-refractivity contribution in [1.82, 2.24) is 29.9 Å². The highest BCUT2D eigenvalue weighted by Crippen LogP contribution is 2.34. The van der Waals surface area contributed by atoms with E-state index in [-0.39, 0.29) is 0 Å². The lowest BCUT2D eigenvalue weighted by Gasteiger charge is -2.12. The number of fused-ring (bicyclic) bond motifs is 4. The van der Waals surface area contributed by atoms with E-state index in [1.165, 1.54) is 5.56 Å². The molecule has 0 N–H and O–H groups in total. The van der Waals surface area contributed by atoms with Gasteiger partial charge in [0.1, 0.15) is 0 Å². The van der Waals surface area contributed by atoms with Crippen molar-refractivity contribution in [2.45, 2.75) is 13.8 Å². The van der Waals surface area contributed by atoms with Crippen LogP contribution in [0.25, 0.3) is 100 Å². The molecule has 0 unspecified atom stereocenters. The molecule has 0 fully saturated rings. The van der Waals surface area contributed by atoms with E-state index < -0.39 is 0 Å². The van der Waals surface area contributed by atoms with Crippen molar-refractivity contribution < 1.29 is 0 Å². The van der Waals surface area contributed by atoms with Crippen molar-refractivity contribution in [1.29, 1.82) is 0 Å². The van der Waals surface area contributed by atoms with Crippen LogP contribution in [-0.4, -0.2) is 29.9 Å². The molecule has 0 saturated heterocycles. The second kappa shape index (κ2) is 13.8. The number of rotatable bonds is 6. The van der Waals surface area contributed by atoms with Gasteiger partial charge in [-0.25, -0.2) is 19.9 Å². The van der Waals surface area contributed by atoms with Gasteiger partial charge in [-0.2, -0.15) is 0 Å². The van der Waals surface area contributed by atoms with E-state index in [1.807, 2.05) is 61.8 Å². The second-order valence-electron chi connectivity index (χ2n) is 14.1. The Morgan fingerprint density at radius 3 is 1.80 bits per heavy atom. The van der Waals surface area contributed by atoms with E-state index in [4.69, 9.17) is 24.9 Å². The SMILES string of the molecule is Cc1ccc2ccc3c(C)cc(-c4cccc(-c5ccc(-c6nc(-c7ccccc7)nc(-c7cccc(-c8cncc9ccccc89)c7)n6)cc5)c4)nc3c2n1. The van der Waals surface area contributed by atoms with Crippen LogP contribution in [0.3, 0.4) is 0 Å². The monoisotopic (exact) mass is 718 g/mol. The zero-order valence-electron chi connectivity index (χ0n) is 30.8. The van der Waals surface area contributed by atoms with Crippen molar-refractivity contribution in [3.05, 3.63) is 181 Å². The van der Waals surface area contributed by atoms with Crippen molar-refractivity contribution in [3.63, 3.8) is 0 Å². The van der Waals surface area contributed by atoms with Crippen LogP contribution >= 0.6 is 0 Å². The van der Waals surface area contributed by atoms with Crippen molar-refractivity contribution >= 4 is 32.6 Å². The summed E-state index contributed by atoms with van der Waals surface area (Å²) in [4.78, 5) is 29.6. The van der Waals surface area contributed by atoms with Crippen molar-refractivity contribution in [2.24, 2.45) is 0 Å². The lowest BCUT2D eigenvalue weighted by Crippen LogP contribution is -2.00. The van der Waals surface area contributed by atoms with E-state index in [0.29, 0.717) is 17.5 Å². The Morgan fingerprint density at radius 2 is 0.982 bits per heavy atom. The minimum atomic E-state index is 0.608. The number of nitrogens with zero attached hydrogens (tertiary/aromatic N) is 6. The Bertz CT molecular complexity index is 3100. The molecule has 6 aromatic carbocycles. The molecule has 0 radical (unpaired) electrons. The molecule has 0 bridgehead atoms. The van der Waals surface area contributed by atoms with Gasteiger partial charge in [0.2, 0.25) is 0 Å². The van der Waals surface area contributed by atoms with Crippen LogP contribution in [0.2, 0.25) is 0 Å². The molecule has 0 spiro atoms. The molecule has 10 rings (SSSR count). The van der Waals surface area contributed by atoms with E-state index in [2.05, 4.69) is 127 Å². The van der Waals surface area contributed by atoms with Crippen LogP contribution < -0.4 is 0 Å². The number of pyridine rings is 3. The molecule has 4 heterocycles. The number of hydrogen-bond acceptors (Lipinski definition) is 6. The summed E-state index contributed by atoms with van der Waals surface area (Å²) in [7, 11) is 0. The predicted octanol–water partition coefficient (Wildman–Crippen LogP) is 12.1. The van der Waals surface area contributed by atoms with Gasteiger partial charge in [0, 0.05) is 62.1 Å². The third-order valence-corrected chi connectivity index (χ3v) is 10.4. The van der Waals surface area contributed by atoms with Gasteiger partial charge in [0.25, 0.3) is 0 Å². The van der Waals surface area contributed by atoms with Gasteiger partial charge in [-0.1, -0.05) is 133 Å². The molecule has 0 aliphatic rings. The molecule has 0 aliphatic carbocycles. The zero-order valence-corrected chi connectivity index (χ0v) is 30.8. The number of aromatic nitrogens is 6. The van der Waals surface area contributed by atoms with Crippen LogP contribution in [-0.2, 0) is 0 Å². The molecule has 0 saturated carbocycles. The Balaban J connectivity index is 1.02. The van der Waals surface area contributed by atoms with E-state index in [1.54, 1.807) is 0 Å². The van der Waals surface area contributed by atoms with Crippen LogP contribution in [0.15, 0.2) is 170 Å². The predicted molar refractivity (Wildman–Crippen MR) is 228 cm³/mol. The Hall–Kier alpha value is -7.44. The normalized spacial score (nSPS) is 11.4. The topological polar surface area (TPSA) is 77.3 Å². The Labute approximate surface area is 324 Å². The number of benzene rings is 6. The Kier molecular flexibility index (Phi) is 8.15. The summed E-state index contributed by atoms with van der Waals surface area (Å²) in [5, 5.41) is 4.46.